The topological polar surface area (TPSA) is 119 Å². The lowest BCUT2D eigenvalue weighted by Gasteiger charge is -2.09. The number of anilines is 1. The standard InChI is InChI=1S/C11H9ClFN3O4S2/c12-7-1-2-10(9(13)5-7)22(19,20)16-11-6-8(3-4-15-11)21(14,17)18/h1-6H,(H,15,16)(H2,14,17,18). The van der Waals surface area contributed by atoms with E-state index in [-0.39, 0.29) is 15.7 Å². The fourth-order valence-corrected chi connectivity index (χ4v) is 3.27. The zero-order chi connectivity index (χ0) is 16.5. The molecule has 1 aromatic carbocycles. The molecule has 0 fully saturated rings. The maximum Gasteiger partial charge on any atom is 0.265 e. The fraction of sp³-hybridized carbons (Fsp3) is 0. The van der Waals surface area contributed by atoms with Crippen LogP contribution in [0.15, 0.2) is 46.3 Å². The third kappa shape index (κ3) is 3.71. The number of rotatable bonds is 4. The van der Waals surface area contributed by atoms with E-state index >= 15 is 0 Å². The third-order valence-electron chi connectivity index (χ3n) is 2.48. The summed E-state index contributed by atoms with van der Waals surface area (Å²) < 4.78 is 62.2. The molecule has 2 aromatic rings. The van der Waals surface area contributed by atoms with Crippen LogP contribution in [-0.4, -0.2) is 21.8 Å². The van der Waals surface area contributed by atoms with Crippen molar-refractivity contribution >= 4 is 37.5 Å². The molecular weight excluding hydrogens is 357 g/mol. The molecule has 11 heteroatoms. The van der Waals surface area contributed by atoms with E-state index in [1.54, 1.807) is 0 Å². The number of nitrogens with two attached hydrogens (primary N) is 1. The third-order valence-corrected chi connectivity index (χ3v) is 5.02. The Labute approximate surface area is 131 Å². The first kappa shape index (κ1) is 16.6. The van der Waals surface area contributed by atoms with Gasteiger partial charge in [-0.25, -0.2) is 31.3 Å². The highest BCUT2D eigenvalue weighted by Crippen LogP contribution is 2.21. The number of hydrogen-bond acceptors (Lipinski definition) is 5. The lowest BCUT2D eigenvalue weighted by molar-refractivity contribution is 0.570. The van der Waals surface area contributed by atoms with E-state index in [0.717, 1.165) is 30.5 Å². The minimum atomic E-state index is -4.30. The Morgan fingerprint density at radius 2 is 1.82 bits per heavy atom. The first-order chi connectivity index (χ1) is 10.1. The van der Waals surface area contributed by atoms with Crippen molar-refractivity contribution in [3.63, 3.8) is 0 Å². The molecular formula is C11H9ClFN3O4S2. The lowest BCUT2D eigenvalue weighted by atomic mass is 10.3. The molecule has 0 atom stereocenters. The summed E-state index contributed by atoms with van der Waals surface area (Å²) in [5.41, 5.74) is 0. The molecule has 0 amide bonds. The fourth-order valence-electron chi connectivity index (χ4n) is 1.53. The summed E-state index contributed by atoms with van der Waals surface area (Å²) in [6.45, 7) is 0. The van der Waals surface area contributed by atoms with Crippen molar-refractivity contribution in [1.82, 2.24) is 4.98 Å². The molecule has 118 valence electrons. The SMILES string of the molecule is NS(=O)(=O)c1ccnc(NS(=O)(=O)c2ccc(Cl)cc2F)c1. The van der Waals surface area contributed by atoms with Crippen LogP contribution >= 0.6 is 11.6 Å². The molecule has 0 bridgehead atoms. The van der Waals surface area contributed by atoms with Crippen molar-refractivity contribution in [1.29, 1.82) is 0 Å². The van der Waals surface area contributed by atoms with Gasteiger partial charge in [0.2, 0.25) is 10.0 Å². The number of pyridine rings is 1. The number of benzene rings is 1. The Balaban J connectivity index is 2.41. The van der Waals surface area contributed by atoms with E-state index < -0.39 is 30.8 Å². The number of aromatic nitrogens is 1. The van der Waals surface area contributed by atoms with E-state index in [9.17, 15) is 21.2 Å². The Morgan fingerprint density at radius 3 is 2.41 bits per heavy atom. The molecule has 0 radical (unpaired) electrons. The zero-order valence-electron chi connectivity index (χ0n) is 10.7. The molecule has 2 rings (SSSR count). The van der Waals surface area contributed by atoms with E-state index in [2.05, 4.69) is 4.98 Å². The van der Waals surface area contributed by atoms with Crippen LogP contribution < -0.4 is 9.86 Å². The van der Waals surface area contributed by atoms with Crippen LogP contribution in [-0.2, 0) is 20.0 Å². The highest BCUT2D eigenvalue weighted by atomic mass is 35.5. The van der Waals surface area contributed by atoms with Crippen LogP contribution in [0.1, 0.15) is 0 Å². The predicted molar refractivity (Wildman–Crippen MR) is 77.8 cm³/mol. The predicted octanol–water partition coefficient (Wildman–Crippen LogP) is 1.32. The summed E-state index contributed by atoms with van der Waals surface area (Å²) in [4.78, 5) is 2.66. The lowest BCUT2D eigenvalue weighted by Crippen LogP contribution is -2.17. The van der Waals surface area contributed by atoms with Gasteiger partial charge in [-0.15, -0.1) is 0 Å². The molecule has 3 N–H and O–H groups in total. The molecule has 0 saturated carbocycles. The average molecular weight is 366 g/mol. The normalized spacial score (nSPS) is 12.1. The molecule has 1 aromatic heterocycles. The number of nitrogens with one attached hydrogen (secondary N) is 1. The number of nitrogens with zero attached hydrogens (tertiary/aromatic N) is 1. The van der Waals surface area contributed by atoms with Gasteiger partial charge >= 0.3 is 0 Å². The van der Waals surface area contributed by atoms with Gasteiger partial charge in [-0.1, -0.05) is 11.6 Å². The Kier molecular flexibility index (Phi) is 4.38. The van der Waals surface area contributed by atoms with Crippen LogP contribution in [0, 0.1) is 5.82 Å². The van der Waals surface area contributed by atoms with Crippen molar-refractivity contribution in [2.45, 2.75) is 9.79 Å². The van der Waals surface area contributed by atoms with Gasteiger partial charge in [0, 0.05) is 17.3 Å². The first-order valence-corrected chi connectivity index (χ1v) is 8.97. The van der Waals surface area contributed by atoms with Gasteiger partial charge in [-0.3, -0.25) is 4.72 Å². The molecule has 1 heterocycles. The van der Waals surface area contributed by atoms with Gasteiger partial charge in [-0.2, -0.15) is 0 Å². The van der Waals surface area contributed by atoms with Crippen molar-refractivity contribution in [2.75, 3.05) is 4.72 Å². The molecule has 7 nitrogen and oxygen atoms in total. The molecule has 0 saturated heterocycles. The molecule has 0 aliphatic rings. The van der Waals surface area contributed by atoms with Crippen molar-refractivity contribution in [3.8, 4) is 0 Å². The number of sulfonamides is 2. The van der Waals surface area contributed by atoms with E-state index in [4.69, 9.17) is 16.7 Å². The Bertz CT molecular complexity index is 932. The number of primary sulfonamides is 1. The summed E-state index contributed by atoms with van der Waals surface area (Å²) in [7, 11) is -8.33. The second-order valence-electron chi connectivity index (χ2n) is 4.10. The molecule has 0 unspecified atom stereocenters. The van der Waals surface area contributed by atoms with Gasteiger partial charge in [0.25, 0.3) is 10.0 Å². The molecule has 0 spiro atoms. The number of hydrogen-bond donors (Lipinski definition) is 2. The maximum atomic E-state index is 13.7. The Hall–Kier alpha value is -1.75. The summed E-state index contributed by atoms with van der Waals surface area (Å²) in [6.07, 6.45) is 1.05. The van der Waals surface area contributed by atoms with Crippen molar-refractivity contribution < 1.29 is 21.2 Å². The maximum absolute atomic E-state index is 13.7. The van der Waals surface area contributed by atoms with Crippen LogP contribution in [0.5, 0.6) is 0 Å². The monoisotopic (exact) mass is 365 g/mol. The van der Waals surface area contributed by atoms with Crippen LogP contribution in [0.25, 0.3) is 0 Å². The molecule has 0 aliphatic heterocycles. The zero-order valence-corrected chi connectivity index (χ0v) is 13.1. The van der Waals surface area contributed by atoms with E-state index in [1.165, 1.54) is 6.07 Å². The summed E-state index contributed by atoms with van der Waals surface area (Å²) >= 11 is 5.55. The van der Waals surface area contributed by atoms with Gasteiger partial charge in [0.1, 0.15) is 16.5 Å². The van der Waals surface area contributed by atoms with Crippen LogP contribution in [0.3, 0.4) is 0 Å². The summed E-state index contributed by atoms with van der Waals surface area (Å²) in [5, 5.41) is 4.97. The largest absolute Gasteiger partial charge is 0.265 e. The quantitative estimate of drug-likeness (QED) is 0.846. The first-order valence-electron chi connectivity index (χ1n) is 5.56. The van der Waals surface area contributed by atoms with Gasteiger partial charge < -0.3 is 0 Å². The van der Waals surface area contributed by atoms with Gasteiger partial charge in [-0.05, 0) is 24.3 Å². The molecule has 22 heavy (non-hydrogen) atoms. The Morgan fingerprint density at radius 1 is 1.14 bits per heavy atom. The van der Waals surface area contributed by atoms with Crippen molar-refractivity contribution in [2.24, 2.45) is 5.14 Å². The van der Waals surface area contributed by atoms with E-state index in [1.807, 2.05) is 4.72 Å². The highest BCUT2D eigenvalue weighted by molar-refractivity contribution is 7.92. The van der Waals surface area contributed by atoms with Crippen LogP contribution in [0.4, 0.5) is 10.2 Å². The summed E-state index contributed by atoms with van der Waals surface area (Å²) in [5.74, 6) is -1.37. The summed E-state index contributed by atoms with van der Waals surface area (Å²) in [6, 6.07) is 5.03. The average Bonchev–Trinajstić information content (AvgIpc) is 2.36. The minimum Gasteiger partial charge on any atom is -0.263 e. The second-order valence-corrected chi connectivity index (χ2v) is 7.75. The van der Waals surface area contributed by atoms with Gasteiger partial charge in [0.05, 0.1) is 4.90 Å². The molecule has 0 aliphatic carbocycles. The van der Waals surface area contributed by atoms with Gasteiger partial charge in [0.15, 0.2) is 0 Å². The van der Waals surface area contributed by atoms with Crippen LogP contribution in [0.2, 0.25) is 5.02 Å². The second kappa shape index (κ2) is 5.80. The minimum absolute atomic E-state index is 0.0331. The smallest absolute Gasteiger partial charge is 0.263 e. The van der Waals surface area contributed by atoms with Crippen molar-refractivity contribution in [3.05, 3.63) is 47.4 Å². The van der Waals surface area contributed by atoms with E-state index in [0.29, 0.717) is 0 Å². The number of halogens is 2. The highest BCUT2D eigenvalue weighted by Gasteiger charge is 2.20.